The van der Waals surface area contributed by atoms with Crippen LogP contribution in [0, 0.1) is 11.7 Å². The van der Waals surface area contributed by atoms with Gasteiger partial charge in [0.1, 0.15) is 5.82 Å². The van der Waals surface area contributed by atoms with Crippen LogP contribution in [0.1, 0.15) is 44.7 Å². The maximum absolute atomic E-state index is 14.2. The number of nitrogens with zero attached hydrogens (tertiary/aromatic N) is 2. The van der Waals surface area contributed by atoms with Crippen LogP contribution in [-0.4, -0.2) is 47.0 Å². The molecule has 0 radical (unpaired) electrons. The molecule has 1 aromatic carbocycles. The van der Waals surface area contributed by atoms with Crippen molar-refractivity contribution in [3.63, 3.8) is 0 Å². The van der Waals surface area contributed by atoms with Crippen LogP contribution < -0.4 is 0 Å². The first-order valence-corrected chi connectivity index (χ1v) is 9.16. The summed E-state index contributed by atoms with van der Waals surface area (Å²) >= 11 is 0. The summed E-state index contributed by atoms with van der Waals surface area (Å²) in [5.41, 5.74) is -1.67. The standard InChI is InChI=1S/C19H24F4N2O3/c1-18(2,3)28-17-16(27-17)25-8-6-11(7-9-25)15(24-26)13-10-12(19(21,22)23)4-5-14(13)20/h4-5,10-11,16-17,26H,6-9H2,1-3H3/b24-15+. The van der Waals surface area contributed by atoms with Crippen LogP contribution in [0.15, 0.2) is 23.4 Å². The fourth-order valence-electron chi connectivity index (χ4n) is 3.47. The Morgan fingerprint density at radius 3 is 2.39 bits per heavy atom. The van der Waals surface area contributed by atoms with Crippen LogP contribution in [0.5, 0.6) is 0 Å². The third kappa shape index (κ3) is 4.82. The smallest absolute Gasteiger partial charge is 0.411 e. The van der Waals surface area contributed by atoms with Crippen molar-refractivity contribution in [2.75, 3.05) is 13.1 Å². The Labute approximate surface area is 160 Å². The van der Waals surface area contributed by atoms with Crippen LogP contribution in [-0.2, 0) is 15.7 Å². The fourth-order valence-corrected chi connectivity index (χ4v) is 3.47. The number of epoxide rings is 1. The lowest BCUT2D eigenvalue weighted by molar-refractivity contribution is -0.137. The molecule has 1 aromatic rings. The van der Waals surface area contributed by atoms with Crippen molar-refractivity contribution >= 4 is 5.71 Å². The molecule has 2 aliphatic heterocycles. The molecule has 0 amide bonds. The minimum absolute atomic E-state index is 0.0533. The van der Waals surface area contributed by atoms with Gasteiger partial charge in [-0.1, -0.05) is 5.16 Å². The van der Waals surface area contributed by atoms with E-state index >= 15 is 0 Å². The van der Waals surface area contributed by atoms with E-state index in [9.17, 15) is 22.8 Å². The van der Waals surface area contributed by atoms with E-state index in [1.807, 2.05) is 20.8 Å². The molecular formula is C19H24F4N2O3. The summed E-state index contributed by atoms with van der Waals surface area (Å²) in [6.07, 6.45) is -4.03. The number of hydrogen-bond donors (Lipinski definition) is 1. The number of piperidine rings is 1. The van der Waals surface area contributed by atoms with E-state index in [4.69, 9.17) is 9.47 Å². The molecule has 0 bridgehead atoms. The van der Waals surface area contributed by atoms with E-state index in [-0.39, 0.29) is 35.3 Å². The molecule has 2 atom stereocenters. The second-order valence-electron chi connectivity index (χ2n) is 8.11. The van der Waals surface area contributed by atoms with E-state index in [1.54, 1.807) is 0 Å². The molecule has 2 heterocycles. The van der Waals surface area contributed by atoms with Gasteiger partial charge in [0.05, 0.1) is 16.9 Å². The van der Waals surface area contributed by atoms with Crippen molar-refractivity contribution < 1.29 is 32.2 Å². The molecule has 2 fully saturated rings. The summed E-state index contributed by atoms with van der Waals surface area (Å²) in [6, 6.07) is 2.13. The van der Waals surface area contributed by atoms with Gasteiger partial charge >= 0.3 is 6.18 Å². The van der Waals surface area contributed by atoms with Crippen LogP contribution in [0.2, 0.25) is 0 Å². The maximum Gasteiger partial charge on any atom is 0.416 e. The molecule has 9 heteroatoms. The molecule has 156 valence electrons. The van der Waals surface area contributed by atoms with Crippen molar-refractivity contribution in [1.29, 1.82) is 0 Å². The lowest BCUT2D eigenvalue weighted by Gasteiger charge is -2.31. The number of halogens is 4. The number of hydrogen-bond acceptors (Lipinski definition) is 5. The SMILES string of the molecule is CC(C)(C)OC1OC1N1CCC(/C(=N\O)c2cc(C(F)(F)F)ccc2F)CC1. The summed E-state index contributed by atoms with van der Waals surface area (Å²) < 4.78 is 64.3. The quantitative estimate of drug-likeness (QED) is 0.268. The third-order valence-electron chi connectivity index (χ3n) is 4.85. The topological polar surface area (TPSA) is 57.6 Å². The first-order chi connectivity index (χ1) is 13.0. The molecule has 5 nitrogen and oxygen atoms in total. The average Bonchev–Trinajstić information content (AvgIpc) is 3.33. The molecule has 2 aliphatic rings. The number of alkyl halides is 3. The summed E-state index contributed by atoms with van der Waals surface area (Å²) in [5.74, 6) is -1.19. The van der Waals surface area contributed by atoms with Gasteiger partial charge in [0.15, 0.2) is 12.5 Å². The zero-order valence-corrected chi connectivity index (χ0v) is 16.0. The van der Waals surface area contributed by atoms with Gasteiger partial charge in [-0.3, -0.25) is 4.90 Å². The molecule has 28 heavy (non-hydrogen) atoms. The minimum atomic E-state index is -4.60. The van der Waals surface area contributed by atoms with Crippen LogP contribution in [0.25, 0.3) is 0 Å². The highest BCUT2D eigenvalue weighted by Crippen LogP contribution is 2.35. The summed E-state index contributed by atoms with van der Waals surface area (Å²) in [5, 5.41) is 12.5. The Kier molecular flexibility index (Phi) is 5.71. The van der Waals surface area contributed by atoms with Gasteiger partial charge in [-0.2, -0.15) is 13.2 Å². The van der Waals surface area contributed by atoms with Gasteiger partial charge in [0, 0.05) is 24.6 Å². The normalized spacial score (nSPS) is 25.2. The molecule has 0 spiro atoms. The fraction of sp³-hybridized carbons (Fsp3) is 0.632. The number of likely N-dealkylation sites (tertiary alicyclic amines) is 1. The van der Waals surface area contributed by atoms with E-state index in [2.05, 4.69) is 10.1 Å². The second kappa shape index (κ2) is 7.61. The second-order valence-corrected chi connectivity index (χ2v) is 8.11. The number of rotatable bonds is 4. The van der Waals surface area contributed by atoms with Crippen LogP contribution in [0.4, 0.5) is 17.6 Å². The molecule has 0 aromatic heterocycles. The van der Waals surface area contributed by atoms with E-state index in [0.717, 1.165) is 6.07 Å². The van der Waals surface area contributed by atoms with Gasteiger partial charge in [0.25, 0.3) is 0 Å². The van der Waals surface area contributed by atoms with Gasteiger partial charge < -0.3 is 14.7 Å². The maximum atomic E-state index is 14.2. The van der Waals surface area contributed by atoms with Crippen molar-refractivity contribution in [3.05, 3.63) is 35.1 Å². The van der Waals surface area contributed by atoms with E-state index in [0.29, 0.717) is 38.1 Å². The first kappa shape index (κ1) is 21.0. The Bertz CT molecular complexity index is 738. The minimum Gasteiger partial charge on any atom is -0.411 e. The van der Waals surface area contributed by atoms with E-state index < -0.39 is 17.6 Å². The van der Waals surface area contributed by atoms with Crippen LogP contribution >= 0.6 is 0 Å². The third-order valence-corrected chi connectivity index (χ3v) is 4.85. The highest BCUT2D eigenvalue weighted by Gasteiger charge is 2.48. The van der Waals surface area contributed by atoms with Gasteiger partial charge in [0.2, 0.25) is 0 Å². The monoisotopic (exact) mass is 404 g/mol. The Morgan fingerprint density at radius 2 is 1.86 bits per heavy atom. The molecule has 0 aliphatic carbocycles. The van der Waals surface area contributed by atoms with Gasteiger partial charge in [-0.15, -0.1) is 0 Å². The predicted molar refractivity (Wildman–Crippen MR) is 93.5 cm³/mol. The summed E-state index contributed by atoms with van der Waals surface area (Å²) in [7, 11) is 0. The molecule has 2 unspecified atom stereocenters. The highest BCUT2D eigenvalue weighted by atomic mass is 19.4. The van der Waals surface area contributed by atoms with Crippen molar-refractivity contribution in [2.45, 2.75) is 57.9 Å². The number of oxime groups is 1. The van der Waals surface area contributed by atoms with Crippen molar-refractivity contribution in [1.82, 2.24) is 4.90 Å². The summed E-state index contributed by atoms with van der Waals surface area (Å²) in [4.78, 5) is 2.07. The Hall–Kier alpha value is -1.71. The lowest BCUT2D eigenvalue weighted by Crippen LogP contribution is -2.40. The van der Waals surface area contributed by atoms with Crippen molar-refractivity contribution in [2.24, 2.45) is 11.1 Å². The van der Waals surface area contributed by atoms with Crippen LogP contribution in [0.3, 0.4) is 0 Å². The Morgan fingerprint density at radius 1 is 1.21 bits per heavy atom. The summed E-state index contributed by atoms with van der Waals surface area (Å²) in [6.45, 7) is 6.97. The van der Waals surface area contributed by atoms with Gasteiger partial charge in [-0.05, 0) is 51.8 Å². The lowest BCUT2D eigenvalue weighted by atomic mass is 9.87. The Balaban J connectivity index is 1.65. The van der Waals surface area contributed by atoms with Crippen molar-refractivity contribution in [3.8, 4) is 0 Å². The zero-order valence-electron chi connectivity index (χ0n) is 16.0. The number of ether oxygens (including phenoxy) is 2. The highest BCUT2D eigenvalue weighted by molar-refractivity contribution is 6.02. The molecule has 3 rings (SSSR count). The first-order valence-electron chi connectivity index (χ1n) is 9.16. The molecular weight excluding hydrogens is 380 g/mol. The average molecular weight is 404 g/mol. The largest absolute Gasteiger partial charge is 0.416 e. The molecule has 2 saturated heterocycles. The molecule has 0 saturated carbocycles. The number of benzene rings is 1. The predicted octanol–water partition coefficient (Wildman–Crippen LogP) is 4.23. The van der Waals surface area contributed by atoms with Gasteiger partial charge in [-0.25, -0.2) is 4.39 Å². The zero-order chi connectivity index (χ0) is 20.7. The van der Waals surface area contributed by atoms with E-state index in [1.165, 1.54) is 0 Å². The molecule has 1 N–H and O–H groups in total.